The summed E-state index contributed by atoms with van der Waals surface area (Å²) in [5.41, 5.74) is 2.54. The molecule has 0 unspecified atom stereocenters. The lowest BCUT2D eigenvalue weighted by atomic mass is 10.1. The van der Waals surface area contributed by atoms with Crippen LogP contribution in [0.1, 0.15) is 23.4 Å². The van der Waals surface area contributed by atoms with Crippen molar-refractivity contribution in [1.82, 2.24) is 9.38 Å². The standard InChI is InChI=1S/C20H20N2O4/c1-14-6-5-9-18-21-16(12-19(23)22(14)18)13-26-20(24)11-10-15-7-3-4-8-17(15)25-2/h3-9,12H,10-11,13H2,1-2H3. The van der Waals surface area contributed by atoms with Crippen LogP contribution in [0.4, 0.5) is 0 Å². The van der Waals surface area contributed by atoms with Crippen LogP contribution in [0.25, 0.3) is 5.65 Å². The number of para-hydroxylation sites is 1. The molecule has 2 heterocycles. The highest BCUT2D eigenvalue weighted by atomic mass is 16.5. The Morgan fingerprint density at radius 3 is 2.77 bits per heavy atom. The van der Waals surface area contributed by atoms with Gasteiger partial charge in [0.25, 0.3) is 5.56 Å². The number of pyridine rings is 1. The van der Waals surface area contributed by atoms with Crippen LogP contribution in [0, 0.1) is 6.92 Å². The monoisotopic (exact) mass is 352 g/mol. The van der Waals surface area contributed by atoms with Crippen molar-refractivity contribution in [3.05, 3.63) is 75.8 Å². The second-order valence-corrected chi connectivity index (χ2v) is 5.92. The number of rotatable bonds is 6. The van der Waals surface area contributed by atoms with E-state index in [1.807, 2.05) is 43.3 Å². The van der Waals surface area contributed by atoms with Crippen molar-refractivity contribution in [3.8, 4) is 5.75 Å². The molecule has 0 saturated carbocycles. The van der Waals surface area contributed by atoms with Gasteiger partial charge in [0.15, 0.2) is 0 Å². The summed E-state index contributed by atoms with van der Waals surface area (Å²) in [4.78, 5) is 28.6. The van der Waals surface area contributed by atoms with Crippen LogP contribution in [0.3, 0.4) is 0 Å². The molecule has 0 saturated heterocycles. The number of carbonyl (C=O) groups is 1. The van der Waals surface area contributed by atoms with Gasteiger partial charge in [-0.15, -0.1) is 0 Å². The number of nitrogens with zero attached hydrogens (tertiary/aromatic N) is 2. The van der Waals surface area contributed by atoms with E-state index < -0.39 is 0 Å². The number of esters is 1. The van der Waals surface area contributed by atoms with E-state index in [0.29, 0.717) is 17.8 Å². The minimum Gasteiger partial charge on any atom is -0.496 e. The molecule has 0 atom stereocenters. The van der Waals surface area contributed by atoms with Crippen molar-refractivity contribution in [3.63, 3.8) is 0 Å². The Hall–Kier alpha value is -3.15. The lowest BCUT2D eigenvalue weighted by Crippen LogP contribution is -2.18. The van der Waals surface area contributed by atoms with Gasteiger partial charge in [-0.25, -0.2) is 4.98 Å². The van der Waals surface area contributed by atoms with Crippen molar-refractivity contribution >= 4 is 11.6 Å². The average molecular weight is 352 g/mol. The number of fused-ring (bicyclic) bond motifs is 1. The highest BCUT2D eigenvalue weighted by molar-refractivity contribution is 5.69. The first-order valence-corrected chi connectivity index (χ1v) is 8.34. The molecule has 6 nitrogen and oxygen atoms in total. The molecule has 0 aliphatic carbocycles. The molecule has 3 aromatic rings. The van der Waals surface area contributed by atoms with Gasteiger partial charge in [0.2, 0.25) is 0 Å². The number of hydrogen-bond donors (Lipinski definition) is 0. The minimum absolute atomic E-state index is 0.0234. The molecule has 0 N–H and O–H groups in total. The van der Waals surface area contributed by atoms with Crippen molar-refractivity contribution in [2.45, 2.75) is 26.4 Å². The summed E-state index contributed by atoms with van der Waals surface area (Å²) in [5, 5.41) is 0. The third-order valence-corrected chi connectivity index (χ3v) is 4.11. The molecule has 0 radical (unpaired) electrons. The smallest absolute Gasteiger partial charge is 0.306 e. The number of methoxy groups -OCH3 is 1. The van der Waals surface area contributed by atoms with Crippen molar-refractivity contribution in [2.75, 3.05) is 7.11 Å². The topological polar surface area (TPSA) is 69.9 Å². The van der Waals surface area contributed by atoms with E-state index in [2.05, 4.69) is 4.98 Å². The highest BCUT2D eigenvalue weighted by Gasteiger charge is 2.09. The maximum atomic E-state index is 12.2. The second-order valence-electron chi connectivity index (χ2n) is 5.92. The van der Waals surface area contributed by atoms with Crippen LogP contribution in [0.5, 0.6) is 5.75 Å². The number of hydrogen-bond acceptors (Lipinski definition) is 5. The fraction of sp³-hybridized carbons (Fsp3) is 0.250. The molecule has 0 bridgehead atoms. The SMILES string of the molecule is COc1ccccc1CCC(=O)OCc1cc(=O)n2c(C)cccc2n1. The van der Waals surface area contributed by atoms with E-state index in [-0.39, 0.29) is 24.6 Å². The van der Waals surface area contributed by atoms with Gasteiger partial charge >= 0.3 is 5.97 Å². The zero-order valence-electron chi connectivity index (χ0n) is 14.8. The minimum atomic E-state index is -0.345. The van der Waals surface area contributed by atoms with Crippen LogP contribution < -0.4 is 10.3 Å². The number of benzene rings is 1. The highest BCUT2D eigenvalue weighted by Crippen LogP contribution is 2.19. The summed E-state index contributed by atoms with van der Waals surface area (Å²) in [6.45, 7) is 1.82. The fourth-order valence-corrected chi connectivity index (χ4v) is 2.81. The predicted octanol–water partition coefficient (Wildman–Crippen LogP) is 2.69. The van der Waals surface area contributed by atoms with Gasteiger partial charge < -0.3 is 9.47 Å². The number of ether oxygens (including phenoxy) is 2. The molecule has 0 fully saturated rings. The Morgan fingerprint density at radius 1 is 1.15 bits per heavy atom. The zero-order valence-corrected chi connectivity index (χ0v) is 14.8. The summed E-state index contributed by atoms with van der Waals surface area (Å²) < 4.78 is 12.1. The Bertz CT molecular complexity index is 995. The third-order valence-electron chi connectivity index (χ3n) is 4.11. The van der Waals surface area contributed by atoms with Crippen molar-refractivity contribution < 1.29 is 14.3 Å². The Morgan fingerprint density at radius 2 is 1.96 bits per heavy atom. The van der Waals surface area contributed by atoms with Gasteiger partial charge in [0, 0.05) is 18.2 Å². The van der Waals surface area contributed by atoms with Gasteiger partial charge in [-0.05, 0) is 37.1 Å². The van der Waals surface area contributed by atoms with E-state index in [4.69, 9.17) is 9.47 Å². The first kappa shape index (κ1) is 17.7. The summed E-state index contributed by atoms with van der Waals surface area (Å²) >= 11 is 0. The third kappa shape index (κ3) is 3.91. The molecule has 6 heteroatoms. The van der Waals surface area contributed by atoms with Gasteiger partial charge in [0.05, 0.1) is 12.8 Å². The molecule has 134 valence electrons. The second kappa shape index (κ2) is 7.82. The Balaban J connectivity index is 1.63. The molecular weight excluding hydrogens is 332 g/mol. The number of aryl methyl sites for hydroxylation is 2. The van der Waals surface area contributed by atoms with Crippen LogP contribution in [-0.2, 0) is 22.6 Å². The van der Waals surface area contributed by atoms with Crippen LogP contribution in [-0.4, -0.2) is 22.5 Å². The molecule has 2 aromatic heterocycles. The fourth-order valence-electron chi connectivity index (χ4n) is 2.81. The predicted molar refractivity (Wildman–Crippen MR) is 97.3 cm³/mol. The molecule has 26 heavy (non-hydrogen) atoms. The molecule has 3 rings (SSSR count). The van der Waals surface area contributed by atoms with E-state index >= 15 is 0 Å². The summed E-state index contributed by atoms with van der Waals surface area (Å²) in [5.74, 6) is 0.405. The largest absolute Gasteiger partial charge is 0.496 e. The average Bonchev–Trinajstić information content (AvgIpc) is 2.64. The zero-order chi connectivity index (χ0) is 18.5. The Labute approximate surface area is 151 Å². The van der Waals surface area contributed by atoms with E-state index in [1.54, 1.807) is 13.2 Å². The molecule has 0 spiro atoms. The number of carbonyl (C=O) groups excluding carboxylic acids is 1. The van der Waals surface area contributed by atoms with Crippen molar-refractivity contribution in [1.29, 1.82) is 0 Å². The molecule has 0 amide bonds. The summed E-state index contributed by atoms with van der Waals surface area (Å²) in [6.07, 6.45) is 0.752. The molecule has 1 aromatic carbocycles. The summed E-state index contributed by atoms with van der Waals surface area (Å²) in [7, 11) is 1.60. The molecular formula is C20H20N2O4. The van der Waals surface area contributed by atoms with Gasteiger partial charge in [-0.1, -0.05) is 24.3 Å². The lowest BCUT2D eigenvalue weighted by molar-refractivity contribution is -0.145. The molecule has 0 aliphatic heterocycles. The number of aromatic nitrogens is 2. The lowest BCUT2D eigenvalue weighted by Gasteiger charge is -2.09. The van der Waals surface area contributed by atoms with Gasteiger partial charge in [-0.3, -0.25) is 14.0 Å². The van der Waals surface area contributed by atoms with E-state index in [1.165, 1.54) is 10.5 Å². The Kier molecular flexibility index (Phi) is 5.31. The van der Waals surface area contributed by atoms with Gasteiger partial charge in [0.1, 0.15) is 18.0 Å². The normalized spacial score (nSPS) is 10.7. The van der Waals surface area contributed by atoms with Gasteiger partial charge in [-0.2, -0.15) is 0 Å². The van der Waals surface area contributed by atoms with E-state index in [9.17, 15) is 9.59 Å². The van der Waals surface area contributed by atoms with E-state index in [0.717, 1.165) is 17.0 Å². The summed E-state index contributed by atoms with van der Waals surface area (Å²) in [6, 6.07) is 14.4. The molecule has 0 aliphatic rings. The van der Waals surface area contributed by atoms with Crippen LogP contribution in [0.2, 0.25) is 0 Å². The van der Waals surface area contributed by atoms with Crippen LogP contribution >= 0.6 is 0 Å². The van der Waals surface area contributed by atoms with Crippen LogP contribution in [0.15, 0.2) is 53.3 Å². The maximum absolute atomic E-state index is 12.2. The van der Waals surface area contributed by atoms with Crippen molar-refractivity contribution in [2.24, 2.45) is 0 Å². The maximum Gasteiger partial charge on any atom is 0.306 e. The first-order valence-electron chi connectivity index (χ1n) is 8.34. The first-order chi connectivity index (χ1) is 12.6. The quantitative estimate of drug-likeness (QED) is 0.638.